The second kappa shape index (κ2) is 9.58. The van der Waals surface area contributed by atoms with Gasteiger partial charge in [0.25, 0.3) is 5.91 Å². The van der Waals surface area contributed by atoms with Crippen molar-refractivity contribution < 1.29 is 19.1 Å². The summed E-state index contributed by atoms with van der Waals surface area (Å²) in [6.45, 7) is 8.88. The van der Waals surface area contributed by atoms with E-state index in [1.54, 1.807) is 11.0 Å². The summed E-state index contributed by atoms with van der Waals surface area (Å²) in [4.78, 5) is 40.2. The van der Waals surface area contributed by atoms with E-state index in [0.29, 0.717) is 24.6 Å². The minimum absolute atomic E-state index is 0.226. The third kappa shape index (κ3) is 5.98. The third-order valence-electron chi connectivity index (χ3n) is 4.94. The molecule has 172 valence electrons. The van der Waals surface area contributed by atoms with Gasteiger partial charge in [0, 0.05) is 37.6 Å². The molecule has 1 saturated heterocycles. The predicted octanol–water partition coefficient (Wildman–Crippen LogP) is 3.06. The molecule has 0 atom stereocenters. The number of ether oxygens (including phenoxy) is 1. The first-order valence-electron chi connectivity index (χ1n) is 10.3. The topological polar surface area (TPSA) is 131 Å². The minimum Gasteiger partial charge on any atom is -0.444 e. The van der Waals surface area contributed by atoms with Crippen LogP contribution in [-0.4, -0.2) is 59.6 Å². The number of hydrogen-bond donors (Lipinski definition) is 3. The molecule has 0 aliphatic carbocycles. The Labute approximate surface area is 191 Å². The SMILES string of the molecule is CC(C)(C)OC(=O)N1CCN(Cc2ccccc2-c2cc(C(N)=O)c(NC(N)=O)s2)CC1. The molecule has 32 heavy (non-hydrogen) atoms. The number of benzene rings is 1. The van der Waals surface area contributed by atoms with Crippen LogP contribution in [0.5, 0.6) is 0 Å². The molecule has 0 bridgehead atoms. The Kier molecular flexibility index (Phi) is 7.05. The van der Waals surface area contributed by atoms with Crippen LogP contribution >= 0.6 is 11.3 Å². The second-order valence-corrected chi connectivity index (χ2v) is 9.66. The highest BCUT2D eigenvalue weighted by molar-refractivity contribution is 7.20. The number of amides is 4. The van der Waals surface area contributed by atoms with Crippen molar-refractivity contribution in [2.75, 3.05) is 31.5 Å². The fraction of sp³-hybridized carbons (Fsp3) is 0.409. The predicted molar refractivity (Wildman–Crippen MR) is 125 cm³/mol. The first-order chi connectivity index (χ1) is 15.0. The molecule has 2 aromatic rings. The highest BCUT2D eigenvalue weighted by atomic mass is 32.1. The summed E-state index contributed by atoms with van der Waals surface area (Å²) in [6, 6.07) is 8.80. The van der Waals surface area contributed by atoms with Crippen LogP contribution in [0, 0.1) is 0 Å². The summed E-state index contributed by atoms with van der Waals surface area (Å²) in [5.41, 5.74) is 12.4. The number of piperazine rings is 1. The zero-order valence-corrected chi connectivity index (χ0v) is 19.3. The average Bonchev–Trinajstić information content (AvgIpc) is 3.11. The van der Waals surface area contributed by atoms with Crippen LogP contribution in [0.4, 0.5) is 14.6 Å². The number of nitrogens with zero attached hydrogens (tertiary/aromatic N) is 2. The van der Waals surface area contributed by atoms with Gasteiger partial charge in [-0.15, -0.1) is 11.3 Å². The largest absolute Gasteiger partial charge is 0.444 e. The molecule has 1 aliphatic rings. The molecule has 0 radical (unpaired) electrons. The van der Waals surface area contributed by atoms with Crippen molar-refractivity contribution >= 4 is 34.4 Å². The zero-order chi connectivity index (χ0) is 23.5. The van der Waals surface area contributed by atoms with Crippen molar-refractivity contribution in [3.63, 3.8) is 0 Å². The Morgan fingerprint density at radius 3 is 2.34 bits per heavy atom. The number of hydrogen-bond acceptors (Lipinski definition) is 6. The number of nitrogens with two attached hydrogens (primary N) is 2. The van der Waals surface area contributed by atoms with Gasteiger partial charge in [0.15, 0.2) is 0 Å². The van der Waals surface area contributed by atoms with Crippen molar-refractivity contribution in [2.24, 2.45) is 11.5 Å². The van der Waals surface area contributed by atoms with E-state index >= 15 is 0 Å². The van der Waals surface area contributed by atoms with Crippen LogP contribution < -0.4 is 16.8 Å². The van der Waals surface area contributed by atoms with E-state index in [9.17, 15) is 14.4 Å². The van der Waals surface area contributed by atoms with E-state index in [1.165, 1.54) is 11.3 Å². The van der Waals surface area contributed by atoms with Gasteiger partial charge in [0.2, 0.25) is 0 Å². The number of urea groups is 1. The smallest absolute Gasteiger partial charge is 0.410 e. The van der Waals surface area contributed by atoms with Crippen LogP contribution in [0.2, 0.25) is 0 Å². The lowest BCUT2D eigenvalue weighted by molar-refractivity contribution is 0.0139. The summed E-state index contributed by atoms with van der Waals surface area (Å²) in [5, 5.41) is 2.81. The summed E-state index contributed by atoms with van der Waals surface area (Å²) >= 11 is 1.25. The van der Waals surface area contributed by atoms with Gasteiger partial charge in [-0.05, 0) is 38.0 Å². The number of rotatable bonds is 5. The molecule has 0 unspecified atom stereocenters. The number of carbonyl (C=O) groups excluding carboxylic acids is 3. The molecule has 0 saturated carbocycles. The van der Waals surface area contributed by atoms with E-state index in [-0.39, 0.29) is 11.7 Å². The van der Waals surface area contributed by atoms with Crippen molar-refractivity contribution in [1.82, 2.24) is 9.80 Å². The number of carbonyl (C=O) groups is 3. The Morgan fingerprint density at radius 1 is 1.09 bits per heavy atom. The first-order valence-corrected chi connectivity index (χ1v) is 11.1. The van der Waals surface area contributed by atoms with E-state index in [1.807, 2.05) is 45.0 Å². The third-order valence-corrected chi connectivity index (χ3v) is 6.02. The molecule has 0 spiro atoms. The highest BCUT2D eigenvalue weighted by Crippen LogP contribution is 2.37. The summed E-state index contributed by atoms with van der Waals surface area (Å²) in [5.74, 6) is -0.632. The van der Waals surface area contributed by atoms with E-state index in [2.05, 4.69) is 10.2 Å². The molecule has 3 rings (SSSR count). The standard InChI is InChI=1S/C22H29N5O4S/c1-22(2,3)31-21(30)27-10-8-26(9-11-27)13-14-6-4-5-7-15(14)17-12-16(18(23)28)19(32-17)25-20(24)29/h4-7,12H,8-11,13H2,1-3H3,(H2,23,28)(H3,24,25,29). The first kappa shape index (κ1) is 23.6. The monoisotopic (exact) mass is 459 g/mol. The maximum atomic E-state index is 12.3. The Bertz CT molecular complexity index is 1010. The molecule has 4 amide bonds. The minimum atomic E-state index is -0.753. The van der Waals surface area contributed by atoms with Crippen molar-refractivity contribution in [3.05, 3.63) is 41.5 Å². The van der Waals surface area contributed by atoms with Gasteiger partial charge in [-0.1, -0.05) is 24.3 Å². The van der Waals surface area contributed by atoms with Crippen molar-refractivity contribution in [3.8, 4) is 10.4 Å². The molecular weight excluding hydrogens is 430 g/mol. The summed E-state index contributed by atoms with van der Waals surface area (Å²) < 4.78 is 5.46. The highest BCUT2D eigenvalue weighted by Gasteiger charge is 2.26. The molecule has 1 fully saturated rings. The molecule has 5 N–H and O–H groups in total. The van der Waals surface area contributed by atoms with Crippen molar-refractivity contribution in [2.45, 2.75) is 32.9 Å². The van der Waals surface area contributed by atoms with Crippen LogP contribution in [0.1, 0.15) is 36.7 Å². The lowest BCUT2D eigenvalue weighted by atomic mass is 10.0. The van der Waals surface area contributed by atoms with E-state index < -0.39 is 17.5 Å². The quantitative estimate of drug-likeness (QED) is 0.632. The van der Waals surface area contributed by atoms with E-state index in [0.717, 1.165) is 29.1 Å². The molecule has 10 heteroatoms. The van der Waals surface area contributed by atoms with Gasteiger partial charge >= 0.3 is 12.1 Å². The fourth-order valence-corrected chi connectivity index (χ4v) is 4.59. The van der Waals surface area contributed by atoms with Gasteiger partial charge in [0.05, 0.1) is 5.56 Å². The normalized spacial score (nSPS) is 14.8. The lowest BCUT2D eigenvalue weighted by Gasteiger charge is -2.35. The molecule has 9 nitrogen and oxygen atoms in total. The number of primary amides is 2. The number of anilines is 1. The molecule has 1 aromatic heterocycles. The van der Waals surface area contributed by atoms with Gasteiger partial charge in [-0.3, -0.25) is 15.0 Å². The molecule has 1 aromatic carbocycles. The average molecular weight is 460 g/mol. The van der Waals surface area contributed by atoms with Crippen LogP contribution in [0.3, 0.4) is 0 Å². The number of thiophene rings is 1. The Hall–Kier alpha value is -3.11. The Morgan fingerprint density at radius 2 is 1.75 bits per heavy atom. The van der Waals surface area contributed by atoms with Gasteiger partial charge in [-0.2, -0.15) is 0 Å². The second-order valence-electron chi connectivity index (χ2n) is 8.61. The van der Waals surface area contributed by atoms with Crippen molar-refractivity contribution in [1.29, 1.82) is 0 Å². The zero-order valence-electron chi connectivity index (χ0n) is 18.5. The van der Waals surface area contributed by atoms with Gasteiger partial charge in [0.1, 0.15) is 10.6 Å². The van der Waals surface area contributed by atoms with Gasteiger partial charge in [-0.25, -0.2) is 9.59 Å². The maximum Gasteiger partial charge on any atom is 0.410 e. The maximum absolute atomic E-state index is 12.3. The molecule has 2 heterocycles. The van der Waals surface area contributed by atoms with Crippen LogP contribution in [0.15, 0.2) is 30.3 Å². The summed E-state index contributed by atoms with van der Waals surface area (Å²) in [6.07, 6.45) is -0.287. The van der Waals surface area contributed by atoms with E-state index in [4.69, 9.17) is 16.2 Å². The number of nitrogens with one attached hydrogen (secondary N) is 1. The molecular formula is C22H29N5O4S. The summed E-state index contributed by atoms with van der Waals surface area (Å²) in [7, 11) is 0. The van der Waals surface area contributed by atoms with Crippen LogP contribution in [-0.2, 0) is 11.3 Å². The van der Waals surface area contributed by atoms with Crippen LogP contribution in [0.25, 0.3) is 10.4 Å². The lowest BCUT2D eigenvalue weighted by Crippen LogP contribution is -2.49. The Balaban J connectivity index is 1.73. The fourth-order valence-electron chi connectivity index (χ4n) is 3.47. The van der Waals surface area contributed by atoms with Gasteiger partial charge < -0.3 is 21.1 Å². The molecule has 1 aliphatic heterocycles.